The molecular weight excluding hydrogens is 498 g/mol. The van der Waals surface area contributed by atoms with Crippen LogP contribution < -0.4 is 16.0 Å². The number of halogens is 4. The summed E-state index contributed by atoms with van der Waals surface area (Å²) < 4.78 is 38.0. The Morgan fingerprint density at radius 1 is 1.14 bits per heavy atom. The van der Waals surface area contributed by atoms with E-state index in [1.54, 1.807) is 7.05 Å². The van der Waals surface area contributed by atoms with Crippen molar-refractivity contribution in [1.82, 2.24) is 25.5 Å². The van der Waals surface area contributed by atoms with E-state index in [1.165, 1.54) is 19.3 Å². The molecule has 0 amide bonds. The fraction of sp³-hybridized carbons (Fsp3) is 0.722. The first-order valence-corrected chi connectivity index (χ1v) is 9.56. The van der Waals surface area contributed by atoms with Crippen molar-refractivity contribution < 1.29 is 13.2 Å². The Morgan fingerprint density at radius 3 is 2.45 bits per heavy atom. The van der Waals surface area contributed by atoms with Crippen molar-refractivity contribution in [3.8, 4) is 0 Å². The summed E-state index contributed by atoms with van der Waals surface area (Å²) >= 11 is 0. The minimum atomic E-state index is -4.48. The van der Waals surface area contributed by atoms with Crippen molar-refractivity contribution in [3.63, 3.8) is 0 Å². The molecule has 1 aliphatic rings. The number of anilines is 1. The van der Waals surface area contributed by atoms with E-state index in [4.69, 9.17) is 0 Å². The number of aliphatic imine (C=N–C) groups is 1. The molecule has 0 aliphatic carbocycles. The summed E-state index contributed by atoms with van der Waals surface area (Å²) in [6.07, 6.45) is 0.380. The van der Waals surface area contributed by atoms with Gasteiger partial charge in [-0.1, -0.05) is 6.42 Å². The summed E-state index contributed by atoms with van der Waals surface area (Å²) in [6, 6.07) is 0.847. The molecule has 0 atom stereocenters. The largest absolute Gasteiger partial charge is 0.433 e. The number of alkyl halides is 3. The van der Waals surface area contributed by atoms with Gasteiger partial charge in [0.1, 0.15) is 5.69 Å². The Morgan fingerprint density at radius 2 is 1.83 bits per heavy atom. The van der Waals surface area contributed by atoms with Gasteiger partial charge in [-0.25, -0.2) is 9.97 Å². The van der Waals surface area contributed by atoms with Gasteiger partial charge in [-0.15, -0.1) is 24.0 Å². The van der Waals surface area contributed by atoms with Crippen LogP contribution in [-0.4, -0.2) is 66.1 Å². The lowest BCUT2D eigenvalue weighted by Crippen LogP contribution is -2.55. The van der Waals surface area contributed by atoms with Crippen LogP contribution in [0.1, 0.15) is 38.8 Å². The molecule has 0 spiro atoms. The molecule has 11 heteroatoms. The highest BCUT2D eigenvalue weighted by molar-refractivity contribution is 14.0. The molecule has 2 heterocycles. The number of guanidine groups is 1. The van der Waals surface area contributed by atoms with E-state index in [0.717, 1.165) is 31.9 Å². The van der Waals surface area contributed by atoms with Crippen molar-refractivity contribution >= 4 is 35.9 Å². The van der Waals surface area contributed by atoms with Crippen LogP contribution in [-0.2, 0) is 6.18 Å². The SMILES string of the molecule is CN=C(NCCNc1nccc(C(F)(F)F)n1)NCC(C)(C)N1CCCCC1.I. The van der Waals surface area contributed by atoms with Crippen molar-refractivity contribution in [2.24, 2.45) is 4.99 Å². The summed E-state index contributed by atoms with van der Waals surface area (Å²) in [7, 11) is 1.69. The van der Waals surface area contributed by atoms with Crippen LogP contribution >= 0.6 is 24.0 Å². The van der Waals surface area contributed by atoms with E-state index in [0.29, 0.717) is 19.0 Å². The van der Waals surface area contributed by atoms with Crippen molar-refractivity contribution in [2.45, 2.75) is 44.8 Å². The van der Waals surface area contributed by atoms with Crippen LogP contribution in [0.25, 0.3) is 0 Å². The standard InChI is InChI=1S/C18H30F3N7.HI/c1-17(2,28-11-5-4-6-12-28)13-26-15(22-3)24-9-10-25-16-23-8-7-14(27-16)18(19,20)21;/h7-8H,4-6,9-13H2,1-3H3,(H2,22,24,26)(H,23,25,27);1H. The molecule has 1 aromatic heterocycles. The van der Waals surface area contributed by atoms with Gasteiger partial charge in [0.2, 0.25) is 5.95 Å². The topological polar surface area (TPSA) is 77.5 Å². The van der Waals surface area contributed by atoms with Crippen molar-refractivity contribution in [1.29, 1.82) is 0 Å². The highest BCUT2D eigenvalue weighted by Gasteiger charge is 2.32. The maximum Gasteiger partial charge on any atom is 0.433 e. The van der Waals surface area contributed by atoms with Crippen LogP contribution in [0.2, 0.25) is 0 Å². The number of nitrogens with zero attached hydrogens (tertiary/aromatic N) is 4. The molecule has 0 radical (unpaired) electrons. The Bertz CT molecular complexity index is 647. The second kappa shape index (κ2) is 11.7. The number of piperidine rings is 1. The van der Waals surface area contributed by atoms with Crippen LogP contribution in [0.5, 0.6) is 0 Å². The summed E-state index contributed by atoms with van der Waals surface area (Å²) in [5, 5.41) is 9.25. The van der Waals surface area contributed by atoms with E-state index in [2.05, 4.69) is 49.7 Å². The highest BCUT2D eigenvalue weighted by Crippen LogP contribution is 2.27. The molecule has 1 saturated heterocycles. The van der Waals surface area contributed by atoms with E-state index >= 15 is 0 Å². The summed E-state index contributed by atoms with van der Waals surface area (Å²) in [4.78, 5) is 14.0. The van der Waals surface area contributed by atoms with Crippen molar-refractivity contribution in [3.05, 3.63) is 18.0 Å². The fourth-order valence-electron chi connectivity index (χ4n) is 3.09. The number of nitrogens with one attached hydrogen (secondary N) is 3. The number of hydrogen-bond acceptors (Lipinski definition) is 5. The number of rotatable bonds is 7. The van der Waals surface area contributed by atoms with Crippen LogP contribution in [0.15, 0.2) is 17.3 Å². The quantitative estimate of drug-likeness (QED) is 0.218. The van der Waals surface area contributed by atoms with Gasteiger partial charge in [-0.05, 0) is 45.8 Å². The molecule has 7 nitrogen and oxygen atoms in total. The minimum absolute atomic E-state index is 0. The monoisotopic (exact) mass is 529 g/mol. The zero-order valence-corrected chi connectivity index (χ0v) is 19.5. The molecule has 0 bridgehead atoms. The maximum absolute atomic E-state index is 12.7. The van der Waals surface area contributed by atoms with Gasteiger partial charge in [-0.3, -0.25) is 9.89 Å². The van der Waals surface area contributed by atoms with Gasteiger partial charge in [0.25, 0.3) is 0 Å². The fourth-order valence-corrected chi connectivity index (χ4v) is 3.09. The van der Waals surface area contributed by atoms with Crippen LogP contribution in [0.4, 0.5) is 19.1 Å². The number of aromatic nitrogens is 2. The van der Waals surface area contributed by atoms with Gasteiger partial charge in [0.15, 0.2) is 5.96 Å². The summed E-state index contributed by atoms with van der Waals surface area (Å²) in [6.45, 7) is 8.22. The molecule has 0 unspecified atom stereocenters. The van der Waals surface area contributed by atoms with Crippen molar-refractivity contribution in [2.75, 3.05) is 45.1 Å². The van der Waals surface area contributed by atoms with E-state index < -0.39 is 11.9 Å². The Kier molecular flexibility index (Phi) is 10.4. The van der Waals surface area contributed by atoms with Gasteiger partial charge in [0, 0.05) is 38.4 Å². The van der Waals surface area contributed by atoms with Gasteiger partial charge < -0.3 is 16.0 Å². The molecule has 1 aromatic rings. The average Bonchev–Trinajstić information content (AvgIpc) is 2.67. The minimum Gasteiger partial charge on any atom is -0.355 e. The molecule has 1 fully saturated rings. The average molecular weight is 529 g/mol. The summed E-state index contributed by atoms with van der Waals surface area (Å²) in [5.41, 5.74) is -0.947. The molecule has 1 aliphatic heterocycles. The molecule has 29 heavy (non-hydrogen) atoms. The third-order valence-electron chi connectivity index (χ3n) is 4.77. The van der Waals surface area contributed by atoms with Gasteiger partial charge in [-0.2, -0.15) is 13.2 Å². The van der Waals surface area contributed by atoms with E-state index in [9.17, 15) is 13.2 Å². The first kappa shape index (κ1) is 25.7. The zero-order chi connectivity index (χ0) is 20.6. The predicted molar refractivity (Wildman–Crippen MR) is 120 cm³/mol. The van der Waals surface area contributed by atoms with E-state index in [-0.39, 0.29) is 35.5 Å². The van der Waals surface area contributed by atoms with Crippen LogP contribution in [0, 0.1) is 0 Å². The third kappa shape index (κ3) is 8.49. The highest BCUT2D eigenvalue weighted by atomic mass is 127. The van der Waals surface area contributed by atoms with Gasteiger partial charge in [0.05, 0.1) is 0 Å². The Balaban J connectivity index is 0.00000420. The van der Waals surface area contributed by atoms with Gasteiger partial charge >= 0.3 is 6.18 Å². The number of likely N-dealkylation sites (tertiary alicyclic amines) is 1. The van der Waals surface area contributed by atoms with E-state index in [1.807, 2.05) is 0 Å². The lowest BCUT2D eigenvalue weighted by molar-refractivity contribution is -0.141. The van der Waals surface area contributed by atoms with Crippen LogP contribution in [0.3, 0.4) is 0 Å². The number of hydrogen-bond donors (Lipinski definition) is 3. The lowest BCUT2D eigenvalue weighted by Gasteiger charge is -2.41. The smallest absolute Gasteiger partial charge is 0.355 e. The lowest BCUT2D eigenvalue weighted by atomic mass is 9.98. The third-order valence-corrected chi connectivity index (χ3v) is 4.77. The maximum atomic E-state index is 12.7. The Hall–Kier alpha value is -1.37. The first-order chi connectivity index (χ1) is 13.2. The Labute approximate surface area is 187 Å². The molecule has 0 aromatic carbocycles. The molecule has 2 rings (SSSR count). The predicted octanol–water partition coefficient (Wildman–Crippen LogP) is 2.95. The first-order valence-electron chi connectivity index (χ1n) is 9.56. The molecular formula is C18H31F3IN7. The zero-order valence-electron chi connectivity index (χ0n) is 17.1. The normalized spacial score (nSPS) is 16.1. The summed E-state index contributed by atoms with van der Waals surface area (Å²) in [5.74, 6) is 0.600. The second-order valence-corrected chi connectivity index (χ2v) is 7.40. The molecule has 166 valence electrons. The molecule has 0 saturated carbocycles. The second-order valence-electron chi connectivity index (χ2n) is 7.40. The molecule has 3 N–H and O–H groups in total.